The Morgan fingerprint density at radius 2 is 1.79 bits per heavy atom. The summed E-state index contributed by atoms with van der Waals surface area (Å²) in [6, 6.07) is 6.58. The first-order valence-corrected chi connectivity index (χ1v) is 5.95. The summed E-state index contributed by atoms with van der Waals surface area (Å²) in [6.07, 6.45) is 0. The second kappa shape index (κ2) is 8.50. The van der Waals surface area contributed by atoms with Crippen molar-refractivity contribution in [3.8, 4) is 0 Å². The summed E-state index contributed by atoms with van der Waals surface area (Å²) in [5.41, 5.74) is 6.97. The van der Waals surface area contributed by atoms with Gasteiger partial charge < -0.3 is 16.4 Å². The molecule has 0 aliphatic carbocycles. The fourth-order valence-electron chi connectivity index (χ4n) is 1.39. The van der Waals surface area contributed by atoms with Crippen molar-refractivity contribution in [3.05, 3.63) is 35.4 Å². The van der Waals surface area contributed by atoms with Crippen LogP contribution in [0.4, 0.5) is 0 Å². The van der Waals surface area contributed by atoms with Gasteiger partial charge in [0.25, 0.3) is 5.91 Å². The Balaban J connectivity index is 0.00000324. The molecule has 106 valence electrons. The molecule has 1 aromatic carbocycles. The van der Waals surface area contributed by atoms with Crippen LogP contribution < -0.4 is 16.4 Å². The summed E-state index contributed by atoms with van der Waals surface area (Å²) in [6.45, 7) is 4.52. The topological polar surface area (TPSA) is 84.2 Å². The van der Waals surface area contributed by atoms with E-state index in [1.54, 1.807) is 19.1 Å². The third-order valence-corrected chi connectivity index (χ3v) is 2.43. The van der Waals surface area contributed by atoms with Crippen molar-refractivity contribution < 1.29 is 9.59 Å². The van der Waals surface area contributed by atoms with Gasteiger partial charge in [-0.3, -0.25) is 9.59 Å². The molecule has 0 fully saturated rings. The van der Waals surface area contributed by atoms with Crippen molar-refractivity contribution in [1.29, 1.82) is 0 Å². The molecule has 0 bridgehead atoms. The highest BCUT2D eigenvalue weighted by molar-refractivity contribution is 5.94. The largest absolute Gasteiger partial charge is 0.352 e. The third kappa shape index (κ3) is 5.72. The van der Waals surface area contributed by atoms with Gasteiger partial charge in [-0.15, -0.1) is 12.4 Å². The standard InChI is InChI=1S/C13H19N3O2.ClH/c1-3-15-13(18)11-6-4-10(5-7-11)8-16-12(17)9(2)14;/h4-7,9H,3,8,14H2,1-2H3,(H,15,18)(H,16,17);1H/t9-;/m1./s1. The molecule has 6 heteroatoms. The minimum absolute atomic E-state index is 0. The minimum atomic E-state index is -0.514. The number of nitrogens with one attached hydrogen (secondary N) is 2. The Bertz CT molecular complexity index is 418. The summed E-state index contributed by atoms with van der Waals surface area (Å²) in [5.74, 6) is -0.286. The van der Waals surface area contributed by atoms with Gasteiger partial charge in [-0.1, -0.05) is 12.1 Å². The van der Waals surface area contributed by atoms with Gasteiger partial charge in [0.15, 0.2) is 0 Å². The highest BCUT2D eigenvalue weighted by Crippen LogP contribution is 2.04. The quantitative estimate of drug-likeness (QED) is 0.749. The zero-order chi connectivity index (χ0) is 13.5. The number of carbonyl (C=O) groups is 2. The number of hydrogen-bond donors (Lipinski definition) is 3. The van der Waals surface area contributed by atoms with Gasteiger partial charge in [0.1, 0.15) is 0 Å². The lowest BCUT2D eigenvalue weighted by molar-refractivity contribution is -0.122. The monoisotopic (exact) mass is 285 g/mol. The Hall–Kier alpha value is -1.59. The number of carbonyl (C=O) groups excluding carboxylic acids is 2. The summed E-state index contributed by atoms with van der Waals surface area (Å²) >= 11 is 0. The van der Waals surface area contributed by atoms with E-state index in [2.05, 4.69) is 10.6 Å². The van der Waals surface area contributed by atoms with Crippen molar-refractivity contribution in [1.82, 2.24) is 10.6 Å². The van der Waals surface area contributed by atoms with Crippen LogP contribution >= 0.6 is 12.4 Å². The van der Waals surface area contributed by atoms with E-state index in [4.69, 9.17) is 5.73 Å². The Morgan fingerprint density at radius 3 is 2.26 bits per heavy atom. The first-order valence-electron chi connectivity index (χ1n) is 5.95. The summed E-state index contributed by atoms with van der Waals surface area (Å²) in [4.78, 5) is 22.8. The van der Waals surface area contributed by atoms with Crippen molar-refractivity contribution in [2.75, 3.05) is 6.54 Å². The van der Waals surface area contributed by atoms with Gasteiger partial charge in [0, 0.05) is 18.7 Å². The van der Waals surface area contributed by atoms with E-state index in [0.717, 1.165) is 5.56 Å². The molecule has 0 spiro atoms. The molecule has 0 saturated carbocycles. The second-order valence-electron chi connectivity index (χ2n) is 4.06. The van der Waals surface area contributed by atoms with Gasteiger partial charge in [-0.25, -0.2) is 0 Å². The van der Waals surface area contributed by atoms with Crippen LogP contribution in [0.1, 0.15) is 29.8 Å². The molecular weight excluding hydrogens is 266 g/mol. The molecule has 0 radical (unpaired) electrons. The molecule has 19 heavy (non-hydrogen) atoms. The van der Waals surface area contributed by atoms with Crippen LogP contribution in [0, 0.1) is 0 Å². The smallest absolute Gasteiger partial charge is 0.251 e. The molecule has 0 saturated heterocycles. The lowest BCUT2D eigenvalue weighted by Crippen LogP contribution is -2.37. The molecule has 4 N–H and O–H groups in total. The number of hydrogen-bond acceptors (Lipinski definition) is 3. The molecule has 0 aromatic heterocycles. The lowest BCUT2D eigenvalue weighted by atomic mass is 10.1. The Morgan fingerprint density at radius 1 is 1.21 bits per heavy atom. The zero-order valence-electron chi connectivity index (χ0n) is 11.1. The average Bonchev–Trinajstić information content (AvgIpc) is 2.36. The van der Waals surface area contributed by atoms with Crippen LogP contribution in [0.5, 0.6) is 0 Å². The van der Waals surface area contributed by atoms with Crippen LogP contribution in [0.3, 0.4) is 0 Å². The van der Waals surface area contributed by atoms with E-state index in [9.17, 15) is 9.59 Å². The predicted molar refractivity (Wildman–Crippen MR) is 77.2 cm³/mol. The van der Waals surface area contributed by atoms with Crippen molar-refractivity contribution >= 4 is 24.2 Å². The zero-order valence-corrected chi connectivity index (χ0v) is 11.9. The molecule has 1 aromatic rings. The molecule has 1 atom stereocenters. The van der Waals surface area contributed by atoms with E-state index >= 15 is 0 Å². The van der Waals surface area contributed by atoms with E-state index in [1.807, 2.05) is 19.1 Å². The molecule has 0 aliphatic heterocycles. The number of halogens is 1. The maximum absolute atomic E-state index is 11.5. The predicted octanol–water partition coefficient (Wildman–Crippen LogP) is 0.822. The highest BCUT2D eigenvalue weighted by Gasteiger charge is 2.07. The molecular formula is C13H20ClN3O2. The fraction of sp³-hybridized carbons (Fsp3) is 0.385. The Labute approximate surface area is 119 Å². The minimum Gasteiger partial charge on any atom is -0.352 e. The van der Waals surface area contributed by atoms with E-state index in [-0.39, 0.29) is 24.2 Å². The van der Waals surface area contributed by atoms with Crippen molar-refractivity contribution in [2.24, 2.45) is 5.73 Å². The third-order valence-electron chi connectivity index (χ3n) is 2.43. The van der Waals surface area contributed by atoms with Crippen molar-refractivity contribution in [2.45, 2.75) is 26.4 Å². The number of amides is 2. The van der Waals surface area contributed by atoms with Crippen LogP contribution in [-0.4, -0.2) is 24.4 Å². The van der Waals surface area contributed by atoms with E-state index < -0.39 is 6.04 Å². The number of benzene rings is 1. The van der Waals surface area contributed by atoms with E-state index in [1.165, 1.54) is 0 Å². The van der Waals surface area contributed by atoms with Crippen LogP contribution in [0.2, 0.25) is 0 Å². The molecule has 0 unspecified atom stereocenters. The maximum Gasteiger partial charge on any atom is 0.251 e. The second-order valence-corrected chi connectivity index (χ2v) is 4.06. The average molecular weight is 286 g/mol. The molecule has 1 rings (SSSR count). The fourth-order valence-corrected chi connectivity index (χ4v) is 1.39. The lowest BCUT2D eigenvalue weighted by Gasteiger charge is -2.08. The first-order chi connectivity index (χ1) is 8.54. The Kier molecular flexibility index (Phi) is 7.79. The molecule has 5 nitrogen and oxygen atoms in total. The van der Waals surface area contributed by atoms with Crippen molar-refractivity contribution in [3.63, 3.8) is 0 Å². The van der Waals surface area contributed by atoms with E-state index in [0.29, 0.717) is 18.7 Å². The van der Waals surface area contributed by atoms with Gasteiger partial charge in [-0.2, -0.15) is 0 Å². The van der Waals surface area contributed by atoms with Crippen LogP contribution in [0.15, 0.2) is 24.3 Å². The summed E-state index contributed by atoms with van der Waals surface area (Å²) < 4.78 is 0. The summed E-state index contributed by atoms with van der Waals surface area (Å²) in [5, 5.41) is 5.43. The van der Waals surface area contributed by atoms with Gasteiger partial charge in [-0.05, 0) is 31.5 Å². The number of nitrogens with two attached hydrogens (primary N) is 1. The summed E-state index contributed by atoms with van der Waals surface area (Å²) in [7, 11) is 0. The van der Waals surface area contributed by atoms with Gasteiger partial charge >= 0.3 is 0 Å². The van der Waals surface area contributed by atoms with Gasteiger partial charge in [0.2, 0.25) is 5.91 Å². The SMILES string of the molecule is CCNC(=O)c1ccc(CNC(=O)[C@@H](C)N)cc1.Cl. The molecule has 2 amide bonds. The normalized spacial score (nSPS) is 11.1. The van der Waals surface area contributed by atoms with Crippen LogP contribution in [0.25, 0.3) is 0 Å². The van der Waals surface area contributed by atoms with Crippen LogP contribution in [-0.2, 0) is 11.3 Å². The van der Waals surface area contributed by atoms with Gasteiger partial charge in [0.05, 0.1) is 6.04 Å². The highest BCUT2D eigenvalue weighted by atomic mass is 35.5. The number of rotatable bonds is 5. The molecule has 0 heterocycles. The maximum atomic E-state index is 11.5. The first kappa shape index (κ1) is 17.4. The molecule has 0 aliphatic rings.